The lowest BCUT2D eigenvalue weighted by Crippen LogP contribution is -2.25. The number of benzene rings is 1. The Morgan fingerprint density at radius 3 is 2.48 bits per heavy atom. The topological polar surface area (TPSA) is 146 Å². The van der Waals surface area contributed by atoms with E-state index in [-0.39, 0.29) is 17.7 Å². The molecule has 13 heteroatoms. The highest BCUT2D eigenvalue weighted by molar-refractivity contribution is 7.72. The van der Waals surface area contributed by atoms with E-state index in [9.17, 15) is 23.7 Å². The molecule has 0 saturated carbocycles. The molecule has 3 aromatic rings. The summed E-state index contributed by atoms with van der Waals surface area (Å²) in [6.07, 6.45) is -0.346. The van der Waals surface area contributed by atoms with Crippen LogP contribution in [0.3, 0.4) is 0 Å². The Labute approximate surface area is 189 Å². The summed E-state index contributed by atoms with van der Waals surface area (Å²) >= 11 is 0. The van der Waals surface area contributed by atoms with Gasteiger partial charge in [0.05, 0.1) is 11.7 Å². The number of fused-ring (bicyclic) bond motifs is 1. The van der Waals surface area contributed by atoms with E-state index >= 15 is 0 Å². The van der Waals surface area contributed by atoms with Gasteiger partial charge in [-0.25, -0.2) is 9.78 Å². The number of aromatic nitrogens is 2. The molecular formula is C20H22N2O9P2. The number of carbonyl (C=O) groups excluding carboxylic acids is 1. The number of carbonyl (C=O) groups is 1. The van der Waals surface area contributed by atoms with E-state index in [4.69, 9.17) is 18.5 Å². The molecule has 1 aromatic carbocycles. The van der Waals surface area contributed by atoms with Gasteiger partial charge in [0.15, 0.2) is 5.40 Å². The minimum absolute atomic E-state index is 0.0185. The van der Waals surface area contributed by atoms with Crippen molar-refractivity contribution < 1.29 is 42.2 Å². The summed E-state index contributed by atoms with van der Waals surface area (Å²) in [5, 5.41) is -1.74. The van der Waals surface area contributed by atoms with Gasteiger partial charge in [0.1, 0.15) is 11.4 Å². The summed E-state index contributed by atoms with van der Waals surface area (Å²) in [7, 11) is -9.37. The van der Waals surface area contributed by atoms with Crippen molar-refractivity contribution in [3.63, 3.8) is 0 Å². The molecule has 4 rings (SSSR count). The fourth-order valence-electron chi connectivity index (χ4n) is 3.36. The van der Waals surface area contributed by atoms with Crippen molar-refractivity contribution in [2.24, 2.45) is 0 Å². The number of rotatable bonds is 5. The number of imidazole rings is 1. The van der Waals surface area contributed by atoms with Gasteiger partial charge in [-0.05, 0) is 32.0 Å². The number of hydrogen-bond acceptors (Lipinski definition) is 8. The van der Waals surface area contributed by atoms with Crippen LogP contribution < -0.4 is 4.74 Å². The van der Waals surface area contributed by atoms with Crippen LogP contribution in [-0.2, 0) is 29.3 Å². The van der Waals surface area contributed by atoms with Crippen LogP contribution in [0.25, 0.3) is 5.65 Å². The molecule has 11 nitrogen and oxygen atoms in total. The zero-order chi connectivity index (χ0) is 23.8. The molecule has 1 aliphatic rings. The number of hydrogen-bond donors (Lipinski definition) is 2. The fourth-order valence-corrected chi connectivity index (χ4v) is 7.21. The Bertz CT molecular complexity index is 1250. The van der Waals surface area contributed by atoms with Crippen molar-refractivity contribution in [3.8, 4) is 5.75 Å². The normalized spacial score (nSPS) is 27.5. The second-order valence-electron chi connectivity index (χ2n) is 7.59. The van der Waals surface area contributed by atoms with Gasteiger partial charge in [-0.3, -0.25) is 18.2 Å². The number of pyridine rings is 1. The molecule has 3 heterocycles. The molecule has 176 valence electrons. The Kier molecular flexibility index (Phi) is 6.46. The minimum Gasteiger partial charge on any atom is -0.431 e. The molecule has 2 aromatic heterocycles. The van der Waals surface area contributed by atoms with E-state index in [0.717, 1.165) is 0 Å². The van der Waals surface area contributed by atoms with E-state index in [1.54, 1.807) is 42.6 Å². The summed E-state index contributed by atoms with van der Waals surface area (Å²) in [5.74, 6) is -0.103. The van der Waals surface area contributed by atoms with Crippen LogP contribution in [0.5, 0.6) is 5.75 Å². The van der Waals surface area contributed by atoms with Crippen LogP contribution in [0.15, 0.2) is 54.9 Å². The highest BCUT2D eigenvalue weighted by atomic mass is 31.2. The first kappa shape index (κ1) is 23.6. The lowest BCUT2D eigenvalue weighted by atomic mass is 10.2. The Morgan fingerprint density at radius 2 is 1.79 bits per heavy atom. The maximum Gasteiger partial charge on any atom is 0.514 e. The van der Waals surface area contributed by atoms with Crippen LogP contribution in [0, 0.1) is 0 Å². The number of ether oxygens (including phenoxy) is 2. The molecule has 0 bridgehead atoms. The van der Waals surface area contributed by atoms with Gasteiger partial charge < -0.3 is 23.7 Å². The molecular weight excluding hydrogens is 474 g/mol. The molecule has 1 fully saturated rings. The van der Waals surface area contributed by atoms with E-state index in [1.807, 2.05) is 0 Å². The van der Waals surface area contributed by atoms with Gasteiger partial charge in [-0.1, -0.05) is 24.3 Å². The molecule has 2 unspecified atom stereocenters. The van der Waals surface area contributed by atoms with Crippen LogP contribution in [0.4, 0.5) is 4.79 Å². The van der Waals surface area contributed by atoms with Gasteiger partial charge in [0.25, 0.3) is 0 Å². The van der Waals surface area contributed by atoms with Gasteiger partial charge in [0, 0.05) is 24.5 Å². The van der Waals surface area contributed by atoms with Crippen LogP contribution in [-0.4, -0.2) is 36.8 Å². The summed E-state index contributed by atoms with van der Waals surface area (Å²) in [6.45, 7) is 3.27. The maximum atomic E-state index is 13.1. The molecule has 0 spiro atoms. The van der Waals surface area contributed by atoms with Crippen molar-refractivity contribution in [1.82, 2.24) is 9.38 Å². The first-order chi connectivity index (χ1) is 15.6. The molecule has 0 amide bonds. The molecule has 2 N–H and O–H groups in total. The standard InChI is InChI=1S/C20H22N2O9P2/c1-13(2)28-20(23)29-16-8-4-3-7-15(16)19-30-32(24,25)18(33(26,27)31-19)11-14-12-21-17-9-5-6-10-22(14)17/h3-10,12-13,18-19H,11H2,1-2H3,(H,24,25)(H,26,27). The average Bonchev–Trinajstić information content (AvgIpc) is 3.13. The van der Waals surface area contributed by atoms with E-state index in [0.29, 0.717) is 11.3 Å². The molecule has 1 saturated heterocycles. The Morgan fingerprint density at radius 1 is 1.12 bits per heavy atom. The quantitative estimate of drug-likeness (QED) is 0.299. The van der Waals surface area contributed by atoms with Gasteiger partial charge >= 0.3 is 21.3 Å². The van der Waals surface area contributed by atoms with Crippen molar-refractivity contribution in [1.29, 1.82) is 0 Å². The molecule has 1 aliphatic heterocycles. The SMILES string of the molecule is CC(C)OC(=O)Oc1ccccc1C1OP(=O)(O)C(Cc2cnc3ccccn23)P(=O)(O)O1. The van der Waals surface area contributed by atoms with Crippen molar-refractivity contribution in [2.75, 3.05) is 0 Å². The van der Waals surface area contributed by atoms with E-state index < -0.39 is 39.1 Å². The summed E-state index contributed by atoms with van der Waals surface area (Å²) in [4.78, 5) is 37.3. The first-order valence-corrected chi connectivity index (χ1v) is 13.3. The van der Waals surface area contributed by atoms with Crippen LogP contribution in [0.2, 0.25) is 0 Å². The van der Waals surface area contributed by atoms with Crippen LogP contribution >= 0.6 is 15.2 Å². The van der Waals surface area contributed by atoms with Gasteiger partial charge in [-0.2, -0.15) is 0 Å². The van der Waals surface area contributed by atoms with E-state index in [2.05, 4.69) is 4.98 Å². The third-order valence-corrected chi connectivity index (χ3v) is 9.44. The average molecular weight is 496 g/mol. The third kappa shape index (κ3) is 5.04. The number of para-hydroxylation sites is 1. The van der Waals surface area contributed by atoms with Crippen LogP contribution in [0.1, 0.15) is 31.4 Å². The summed E-state index contributed by atoms with van der Waals surface area (Å²) < 4.78 is 48.4. The second-order valence-corrected chi connectivity index (χ2v) is 11.9. The molecule has 0 aliphatic carbocycles. The zero-order valence-corrected chi connectivity index (χ0v) is 19.5. The van der Waals surface area contributed by atoms with Crippen molar-refractivity contribution >= 4 is 27.0 Å². The summed E-state index contributed by atoms with van der Waals surface area (Å²) in [6, 6.07) is 11.1. The molecule has 33 heavy (non-hydrogen) atoms. The smallest absolute Gasteiger partial charge is 0.431 e. The monoisotopic (exact) mass is 496 g/mol. The first-order valence-electron chi connectivity index (χ1n) is 9.97. The maximum absolute atomic E-state index is 13.1. The Hall–Kier alpha value is -2.52. The highest BCUT2D eigenvalue weighted by Crippen LogP contribution is 2.73. The van der Waals surface area contributed by atoms with Gasteiger partial charge in [0.2, 0.25) is 6.29 Å². The van der Waals surface area contributed by atoms with E-state index in [1.165, 1.54) is 30.5 Å². The minimum atomic E-state index is -4.69. The zero-order valence-electron chi connectivity index (χ0n) is 17.7. The predicted molar refractivity (Wildman–Crippen MR) is 116 cm³/mol. The lowest BCUT2D eigenvalue weighted by molar-refractivity contribution is -0.0268. The lowest BCUT2D eigenvalue weighted by Gasteiger charge is -2.36. The second kappa shape index (κ2) is 9.02. The van der Waals surface area contributed by atoms with Crippen molar-refractivity contribution in [2.45, 2.75) is 38.1 Å². The Balaban J connectivity index is 1.61. The number of nitrogens with zero attached hydrogens (tertiary/aromatic N) is 2. The molecule has 0 radical (unpaired) electrons. The van der Waals surface area contributed by atoms with Crippen molar-refractivity contribution in [3.05, 3.63) is 66.1 Å². The molecule has 2 atom stereocenters. The highest BCUT2D eigenvalue weighted by Gasteiger charge is 2.55. The summed E-state index contributed by atoms with van der Waals surface area (Å²) in [5.41, 5.74) is 0.989. The predicted octanol–water partition coefficient (Wildman–Crippen LogP) is 4.24. The fraction of sp³-hybridized carbons (Fsp3) is 0.300. The third-order valence-electron chi connectivity index (χ3n) is 4.83. The largest absolute Gasteiger partial charge is 0.514 e. The van der Waals surface area contributed by atoms with Gasteiger partial charge in [-0.15, -0.1) is 0 Å².